The van der Waals surface area contributed by atoms with Gasteiger partial charge in [-0.05, 0) is 31.2 Å². The molecule has 0 saturated heterocycles. The zero-order valence-electron chi connectivity index (χ0n) is 12.9. The fourth-order valence-corrected chi connectivity index (χ4v) is 1.73. The second-order valence-electron chi connectivity index (χ2n) is 3.42. The lowest BCUT2D eigenvalue weighted by atomic mass is 10.2. The Morgan fingerprint density at radius 2 is 0.947 bits per heavy atom. The van der Waals surface area contributed by atoms with Gasteiger partial charge in [0.15, 0.2) is 0 Å². The first-order valence-electron chi connectivity index (χ1n) is 7.29. The van der Waals surface area contributed by atoms with E-state index in [-0.39, 0.29) is 0 Å². The van der Waals surface area contributed by atoms with Crippen molar-refractivity contribution in [2.45, 2.75) is 34.6 Å². The average Bonchev–Trinajstić information content (AvgIpc) is 2.54. The average molecular weight is 257 g/mol. The van der Waals surface area contributed by atoms with E-state index in [9.17, 15) is 0 Å². The van der Waals surface area contributed by atoms with Crippen LogP contribution in [0.3, 0.4) is 0 Å². The number of anilines is 2. The molecule has 2 rings (SSSR count). The first-order valence-corrected chi connectivity index (χ1v) is 7.29. The van der Waals surface area contributed by atoms with Crippen LogP contribution in [-0.4, -0.2) is 6.54 Å². The molecule has 0 unspecified atom stereocenters. The van der Waals surface area contributed by atoms with Crippen molar-refractivity contribution in [3.8, 4) is 0 Å². The molecule has 0 N–H and O–H groups in total. The molecule has 0 heterocycles. The Hall–Kier alpha value is -1.76. The first-order chi connectivity index (χ1) is 9.42. The van der Waals surface area contributed by atoms with E-state index in [2.05, 4.69) is 60.4 Å². The minimum atomic E-state index is 0.980. The van der Waals surface area contributed by atoms with E-state index < -0.39 is 0 Å². The van der Waals surface area contributed by atoms with Gasteiger partial charge in [-0.25, -0.2) is 0 Å². The van der Waals surface area contributed by atoms with Gasteiger partial charge in [0.25, 0.3) is 0 Å². The molecule has 2 aromatic rings. The van der Waals surface area contributed by atoms with Crippen LogP contribution in [0.15, 0.2) is 60.7 Å². The van der Waals surface area contributed by atoms with Crippen molar-refractivity contribution in [3.05, 3.63) is 60.7 Å². The Balaban J connectivity index is 0.000000741. The summed E-state index contributed by atoms with van der Waals surface area (Å²) in [4.78, 5) is 2.29. The molecule has 104 valence electrons. The minimum absolute atomic E-state index is 0.980. The zero-order valence-corrected chi connectivity index (χ0v) is 12.9. The maximum absolute atomic E-state index is 2.29. The highest BCUT2D eigenvalue weighted by molar-refractivity contribution is 5.62. The smallest absolute Gasteiger partial charge is 0.0410 e. The molecule has 0 aromatic heterocycles. The van der Waals surface area contributed by atoms with Crippen molar-refractivity contribution in [2.75, 3.05) is 11.4 Å². The molecule has 0 fully saturated rings. The number of rotatable bonds is 3. The first kappa shape index (κ1) is 17.2. The number of benzene rings is 2. The summed E-state index contributed by atoms with van der Waals surface area (Å²) in [6.07, 6.45) is 0. The molecule has 1 heteroatoms. The molecule has 0 saturated carbocycles. The van der Waals surface area contributed by atoms with Crippen LogP contribution in [0.25, 0.3) is 0 Å². The Morgan fingerprint density at radius 1 is 0.632 bits per heavy atom. The highest BCUT2D eigenvalue weighted by Crippen LogP contribution is 2.23. The third-order valence-electron chi connectivity index (χ3n) is 2.45. The van der Waals surface area contributed by atoms with E-state index in [0.717, 1.165) is 6.54 Å². The molecule has 0 spiro atoms. The summed E-state index contributed by atoms with van der Waals surface area (Å²) < 4.78 is 0. The molecule has 0 radical (unpaired) electrons. The summed E-state index contributed by atoms with van der Waals surface area (Å²) in [5.41, 5.74) is 2.48. The van der Waals surface area contributed by atoms with E-state index in [1.54, 1.807) is 0 Å². The molecule has 1 nitrogen and oxygen atoms in total. The maximum atomic E-state index is 2.29. The van der Waals surface area contributed by atoms with Crippen molar-refractivity contribution in [1.82, 2.24) is 0 Å². The lowest BCUT2D eigenvalue weighted by molar-refractivity contribution is 1.02. The summed E-state index contributed by atoms with van der Waals surface area (Å²) in [7, 11) is 0. The van der Waals surface area contributed by atoms with Crippen LogP contribution in [0.1, 0.15) is 34.6 Å². The van der Waals surface area contributed by atoms with Gasteiger partial charge in [0.2, 0.25) is 0 Å². The van der Waals surface area contributed by atoms with Crippen molar-refractivity contribution in [1.29, 1.82) is 0 Å². The van der Waals surface area contributed by atoms with E-state index in [1.807, 2.05) is 39.8 Å². The van der Waals surface area contributed by atoms with Gasteiger partial charge in [-0.3, -0.25) is 0 Å². The largest absolute Gasteiger partial charge is 0.342 e. The van der Waals surface area contributed by atoms with Crippen LogP contribution in [0.5, 0.6) is 0 Å². The summed E-state index contributed by atoms with van der Waals surface area (Å²) >= 11 is 0. The van der Waals surface area contributed by atoms with Crippen LogP contribution in [0.2, 0.25) is 0 Å². The van der Waals surface area contributed by atoms with Crippen LogP contribution in [0.4, 0.5) is 11.4 Å². The molecular formula is C18H27N. The normalized spacial score (nSPS) is 8.47. The molecule has 0 aliphatic rings. The predicted octanol–water partition coefficient (Wildman–Crippen LogP) is 5.90. The minimum Gasteiger partial charge on any atom is -0.342 e. The van der Waals surface area contributed by atoms with E-state index in [1.165, 1.54) is 11.4 Å². The van der Waals surface area contributed by atoms with Gasteiger partial charge in [0.1, 0.15) is 0 Å². The van der Waals surface area contributed by atoms with Gasteiger partial charge in [-0.15, -0.1) is 0 Å². The third kappa shape index (κ3) is 5.60. The van der Waals surface area contributed by atoms with Gasteiger partial charge < -0.3 is 4.90 Å². The highest BCUT2D eigenvalue weighted by atomic mass is 15.1. The molecule has 0 bridgehead atoms. The van der Waals surface area contributed by atoms with Crippen LogP contribution in [0, 0.1) is 0 Å². The van der Waals surface area contributed by atoms with Crippen LogP contribution < -0.4 is 4.90 Å². The molecule has 0 aliphatic carbocycles. The molecule has 0 atom stereocenters. The summed E-state index contributed by atoms with van der Waals surface area (Å²) in [5.74, 6) is 0. The van der Waals surface area contributed by atoms with Crippen molar-refractivity contribution in [2.24, 2.45) is 0 Å². The van der Waals surface area contributed by atoms with Crippen LogP contribution in [-0.2, 0) is 0 Å². The Bertz CT molecular complexity index is 355. The molecule has 0 amide bonds. The fraction of sp³-hybridized carbons (Fsp3) is 0.333. The topological polar surface area (TPSA) is 3.24 Å². The maximum Gasteiger partial charge on any atom is 0.0410 e. The second-order valence-corrected chi connectivity index (χ2v) is 3.42. The Morgan fingerprint density at radius 3 is 1.21 bits per heavy atom. The Labute approximate surface area is 118 Å². The number of hydrogen-bond donors (Lipinski definition) is 0. The fourth-order valence-electron chi connectivity index (χ4n) is 1.73. The zero-order chi connectivity index (χ0) is 14.5. The predicted molar refractivity (Wildman–Crippen MR) is 88.3 cm³/mol. The monoisotopic (exact) mass is 257 g/mol. The molecule has 0 aliphatic heterocycles. The molecular weight excluding hydrogens is 230 g/mol. The summed E-state index contributed by atoms with van der Waals surface area (Å²) in [5, 5.41) is 0. The van der Waals surface area contributed by atoms with Crippen molar-refractivity contribution >= 4 is 11.4 Å². The SMILES string of the molecule is CC.CC.CCN(c1ccccc1)c1ccccc1. The van der Waals surface area contributed by atoms with Gasteiger partial charge in [-0.2, -0.15) is 0 Å². The van der Waals surface area contributed by atoms with Gasteiger partial charge in [-0.1, -0.05) is 64.1 Å². The molecule has 19 heavy (non-hydrogen) atoms. The number of hydrogen-bond acceptors (Lipinski definition) is 1. The van der Waals surface area contributed by atoms with Gasteiger partial charge >= 0.3 is 0 Å². The van der Waals surface area contributed by atoms with Gasteiger partial charge in [0, 0.05) is 17.9 Å². The van der Waals surface area contributed by atoms with Crippen molar-refractivity contribution in [3.63, 3.8) is 0 Å². The molecule has 2 aromatic carbocycles. The van der Waals surface area contributed by atoms with E-state index >= 15 is 0 Å². The second kappa shape index (κ2) is 11.3. The standard InChI is InChI=1S/C14H15N.2C2H6/c1-2-15(13-9-5-3-6-10-13)14-11-7-4-8-12-14;2*1-2/h3-12H,2H2,1H3;2*1-2H3. The quantitative estimate of drug-likeness (QED) is 0.662. The van der Waals surface area contributed by atoms with Crippen LogP contribution >= 0.6 is 0 Å². The lowest BCUT2D eigenvalue weighted by Gasteiger charge is -2.23. The number of nitrogens with zero attached hydrogens (tertiary/aromatic N) is 1. The summed E-state index contributed by atoms with van der Waals surface area (Å²) in [6, 6.07) is 20.9. The van der Waals surface area contributed by atoms with Gasteiger partial charge in [0.05, 0.1) is 0 Å². The van der Waals surface area contributed by atoms with E-state index in [4.69, 9.17) is 0 Å². The Kier molecular flexibility index (Phi) is 10.3. The highest BCUT2D eigenvalue weighted by Gasteiger charge is 2.04. The van der Waals surface area contributed by atoms with Crippen molar-refractivity contribution < 1.29 is 0 Å². The third-order valence-corrected chi connectivity index (χ3v) is 2.45. The number of para-hydroxylation sites is 2. The summed E-state index contributed by atoms with van der Waals surface area (Å²) in [6.45, 7) is 11.1. The lowest BCUT2D eigenvalue weighted by Crippen LogP contribution is -2.15. The van der Waals surface area contributed by atoms with E-state index in [0.29, 0.717) is 0 Å².